The molecule has 0 fully saturated rings. The van der Waals surface area contributed by atoms with Gasteiger partial charge in [-0.15, -0.1) is 0 Å². The van der Waals surface area contributed by atoms with Crippen LogP contribution < -0.4 is 4.90 Å². The topological polar surface area (TPSA) is 53.4 Å². The number of hydrogen-bond acceptors (Lipinski definition) is 4. The van der Waals surface area contributed by atoms with E-state index in [-0.39, 0.29) is 10.0 Å². The molecule has 0 aliphatic heterocycles. The Morgan fingerprint density at radius 3 is 2.79 bits per heavy atom. The largest absolute Gasteiger partial charge is 0.477 e. The first-order valence-corrected chi connectivity index (χ1v) is 5.36. The van der Waals surface area contributed by atoms with E-state index in [1.165, 1.54) is 0 Å². The normalized spacial score (nSPS) is 10.2. The third kappa shape index (κ3) is 2.36. The van der Waals surface area contributed by atoms with E-state index in [0.29, 0.717) is 5.13 Å². The molecule has 1 heterocycles. The van der Waals surface area contributed by atoms with Crippen LogP contribution in [0, 0.1) is 0 Å². The first-order valence-electron chi connectivity index (χ1n) is 4.17. The van der Waals surface area contributed by atoms with Crippen molar-refractivity contribution in [2.24, 2.45) is 0 Å². The molecule has 14 heavy (non-hydrogen) atoms. The van der Waals surface area contributed by atoms with Crippen LogP contribution in [0.4, 0.5) is 5.13 Å². The van der Waals surface area contributed by atoms with Gasteiger partial charge in [-0.2, -0.15) is 0 Å². The summed E-state index contributed by atoms with van der Waals surface area (Å²) < 4.78 is 0. The van der Waals surface area contributed by atoms with Crippen LogP contribution in [0.25, 0.3) is 0 Å². The minimum absolute atomic E-state index is 0.0699. The van der Waals surface area contributed by atoms with Gasteiger partial charge in [-0.05, 0) is 6.42 Å². The number of rotatable bonds is 4. The molecule has 4 nitrogen and oxygen atoms in total. The minimum atomic E-state index is -1.02. The lowest BCUT2D eigenvalue weighted by Crippen LogP contribution is -2.17. The van der Waals surface area contributed by atoms with Gasteiger partial charge in [-0.1, -0.05) is 29.9 Å². The molecule has 0 bridgehead atoms. The van der Waals surface area contributed by atoms with Gasteiger partial charge in [0.05, 0.1) is 0 Å². The molecule has 0 amide bonds. The van der Waals surface area contributed by atoms with Crippen LogP contribution in [0.2, 0.25) is 5.15 Å². The van der Waals surface area contributed by atoms with E-state index in [1.807, 2.05) is 18.9 Å². The lowest BCUT2D eigenvalue weighted by atomic mass is 10.5. The van der Waals surface area contributed by atoms with Crippen LogP contribution in [-0.4, -0.2) is 29.7 Å². The predicted molar refractivity (Wildman–Crippen MR) is 57.6 cm³/mol. The van der Waals surface area contributed by atoms with Gasteiger partial charge >= 0.3 is 5.97 Å². The second-order valence-corrected chi connectivity index (χ2v) is 4.18. The highest BCUT2D eigenvalue weighted by Gasteiger charge is 2.17. The van der Waals surface area contributed by atoms with E-state index in [0.717, 1.165) is 24.3 Å². The molecule has 1 aromatic heterocycles. The Balaban J connectivity index is 2.90. The van der Waals surface area contributed by atoms with Gasteiger partial charge in [0.1, 0.15) is 0 Å². The molecule has 0 atom stereocenters. The molecule has 0 saturated heterocycles. The summed E-state index contributed by atoms with van der Waals surface area (Å²) in [6.45, 7) is 2.88. The highest BCUT2D eigenvalue weighted by atomic mass is 35.5. The van der Waals surface area contributed by atoms with E-state index < -0.39 is 5.97 Å². The molecule has 78 valence electrons. The van der Waals surface area contributed by atoms with Crippen molar-refractivity contribution in [2.75, 3.05) is 18.5 Å². The molecule has 1 rings (SSSR count). The maximum atomic E-state index is 10.7. The Morgan fingerprint density at radius 2 is 2.36 bits per heavy atom. The first kappa shape index (κ1) is 11.3. The lowest BCUT2D eigenvalue weighted by molar-refractivity contribution is 0.0702. The molecule has 0 radical (unpaired) electrons. The molecule has 0 unspecified atom stereocenters. The molecule has 1 N–H and O–H groups in total. The van der Waals surface area contributed by atoms with Gasteiger partial charge in [0.15, 0.2) is 15.2 Å². The van der Waals surface area contributed by atoms with Crippen molar-refractivity contribution in [1.82, 2.24) is 4.98 Å². The van der Waals surface area contributed by atoms with Gasteiger partial charge in [0, 0.05) is 13.6 Å². The number of halogens is 1. The van der Waals surface area contributed by atoms with Crippen LogP contribution in [0.5, 0.6) is 0 Å². The highest BCUT2D eigenvalue weighted by molar-refractivity contribution is 7.18. The molecule has 0 spiro atoms. The van der Waals surface area contributed by atoms with Crippen LogP contribution in [0.15, 0.2) is 0 Å². The first-order chi connectivity index (χ1) is 6.56. The molecule has 1 aromatic rings. The van der Waals surface area contributed by atoms with Crippen molar-refractivity contribution in [3.63, 3.8) is 0 Å². The summed E-state index contributed by atoms with van der Waals surface area (Å²) in [5, 5.41) is 9.48. The third-order valence-corrected chi connectivity index (χ3v) is 3.20. The quantitative estimate of drug-likeness (QED) is 0.869. The van der Waals surface area contributed by atoms with Crippen molar-refractivity contribution < 1.29 is 9.90 Å². The van der Waals surface area contributed by atoms with Crippen molar-refractivity contribution in [3.05, 3.63) is 10.0 Å². The van der Waals surface area contributed by atoms with Crippen LogP contribution in [0.1, 0.15) is 23.0 Å². The number of aromatic carboxylic acids is 1. The fourth-order valence-electron chi connectivity index (χ4n) is 1.02. The van der Waals surface area contributed by atoms with Crippen LogP contribution >= 0.6 is 22.9 Å². The summed E-state index contributed by atoms with van der Waals surface area (Å²) in [7, 11) is 1.87. The number of carboxylic acids is 1. The molecule has 0 aliphatic carbocycles. The summed E-state index contributed by atoms with van der Waals surface area (Å²) >= 11 is 6.77. The monoisotopic (exact) mass is 234 g/mol. The number of hydrogen-bond donors (Lipinski definition) is 1. The number of nitrogens with zero attached hydrogens (tertiary/aromatic N) is 2. The Bertz CT molecular complexity index is 340. The van der Waals surface area contributed by atoms with E-state index in [4.69, 9.17) is 16.7 Å². The average Bonchev–Trinajstić information content (AvgIpc) is 2.48. The zero-order valence-corrected chi connectivity index (χ0v) is 9.52. The summed E-state index contributed by atoms with van der Waals surface area (Å²) in [5.74, 6) is -1.02. The highest BCUT2D eigenvalue weighted by Crippen LogP contribution is 2.28. The number of carbonyl (C=O) groups is 1. The van der Waals surface area contributed by atoms with Gasteiger partial charge in [-0.3, -0.25) is 0 Å². The maximum absolute atomic E-state index is 10.7. The summed E-state index contributed by atoms with van der Waals surface area (Å²) in [5.41, 5.74) is 0. The molecule has 6 heteroatoms. The second-order valence-electron chi connectivity index (χ2n) is 2.84. The number of aromatic nitrogens is 1. The van der Waals surface area contributed by atoms with Crippen molar-refractivity contribution >= 4 is 34.0 Å². The van der Waals surface area contributed by atoms with E-state index >= 15 is 0 Å². The molecule has 0 aliphatic rings. The lowest BCUT2D eigenvalue weighted by Gasteiger charge is -2.13. The second kappa shape index (κ2) is 4.61. The zero-order chi connectivity index (χ0) is 10.7. The van der Waals surface area contributed by atoms with Crippen molar-refractivity contribution in [1.29, 1.82) is 0 Å². The van der Waals surface area contributed by atoms with Gasteiger partial charge in [0.25, 0.3) is 0 Å². The Kier molecular flexibility index (Phi) is 3.71. The molecular formula is C8H11ClN2O2S. The smallest absolute Gasteiger partial charge is 0.349 e. The van der Waals surface area contributed by atoms with Crippen LogP contribution in [0.3, 0.4) is 0 Å². The minimum Gasteiger partial charge on any atom is -0.477 e. The number of carboxylic acid groups (broad SMARTS) is 1. The molecular weight excluding hydrogens is 224 g/mol. The maximum Gasteiger partial charge on any atom is 0.349 e. The fraction of sp³-hybridized carbons (Fsp3) is 0.500. The van der Waals surface area contributed by atoms with Gasteiger partial charge < -0.3 is 10.0 Å². The molecule has 0 aromatic carbocycles. The number of thiazole rings is 1. The number of anilines is 1. The summed E-state index contributed by atoms with van der Waals surface area (Å²) in [6.07, 6.45) is 0.982. The van der Waals surface area contributed by atoms with Crippen LogP contribution in [-0.2, 0) is 0 Å². The molecule has 0 saturated carbocycles. The Hall–Kier alpha value is -0.810. The van der Waals surface area contributed by atoms with E-state index in [9.17, 15) is 4.79 Å². The van der Waals surface area contributed by atoms with E-state index in [2.05, 4.69) is 4.98 Å². The SMILES string of the molecule is CCCN(C)c1nc(Cl)c(C(=O)O)s1. The average molecular weight is 235 g/mol. The summed E-state index contributed by atoms with van der Waals surface area (Å²) in [6, 6.07) is 0. The Morgan fingerprint density at radius 1 is 1.71 bits per heavy atom. The van der Waals surface area contributed by atoms with Gasteiger partial charge in [0.2, 0.25) is 0 Å². The fourth-order valence-corrected chi connectivity index (χ4v) is 2.13. The van der Waals surface area contributed by atoms with E-state index in [1.54, 1.807) is 0 Å². The standard InChI is InChI=1S/C8H11ClN2O2S/c1-3-4-11(2)8-10-6(9)5(14-8)7(12)13/h3-4H2,1-2H3,(H,12,13). The van der Waals surface area contributed by atoms with Crippen molar-refractivity contribution in [2.45, 2.75) is 13.3 Å². The van der Waals surface area contributed by atoms with Crippen molar-refractivity contribution in [3.8, 4) is 0 Å². The summed E-state index contributed by atoms with van der Waals surface area (Å²) in [4.78, 5) is 16.7. The predicted octanol–water partition coefficient (Wildman–Crippen LogP) is 2.34. The van der Waals surface area contributed by atoms with Gasteiger partial charge in [-0.25, -0.2) is 9.78 Å². The third-order valence-electron chi connectivity index (χ3n) is 1.65. The Labute approximate surface area is 91.1 Å². The zero-order valence-electron chi connectivity index (χ0n) is 7.95.